The van der Waals surface area contributed by atoms with Gasteiger partial charge in [-0.2, -0.15) is 13.2 Å². The normalized spacial score (nSPS) is 13.6. The van der Waals surface area contributed by atoms with E-state index in [1.807, 2.05) is 0 Å². The lowest BCUT2D eigenvalue weighted by Gasteiger charge is -2.15. The number of nitrogens with two attached hydrogens (primary N) is 1. The molecule has 0 spiro atoms. The zero-order chi connectivity index (χ0) is 13.2. The average molecular weight is 255 g/mol. The van der Waals surface area contributed by atoms with E-state index in [0.29, 0.717) is 12.1 Å². The maximum absolute atomic E-state index is 12.6. The monoisotopic (exact) mass is 255 g/mol. The fourth-order valence-electron chi connectivity index (χ4n) is 1.67. The van der Waals surface area contributed by atoms with Crippen molar-refractivity contribution in [3.63, 3.8) is 0 Å². The molecule has 0 saturated carbocycles. The van der Waals surface area contributed by atoms with Crippen LogP contribution in [0, 0.1) is 0 Å². The highest BCUT2D eigenvalue weighted by Crippen LogP contribution is 2.30. The second-order valence-corrected chi connectivity index (χ2v) is 3.99. The van der Waals surface area contributed by atoms with Gasteiger partial charge in [0.05, 0.1) is 11.9 Å². The molecule has 0 unspecified atom stereocenters. The van der Waals surface area contributed by atoms with Gasteiger partial charge >= 0.3 is 6.18 Å². The number of halogens is 3. The SMILES string of the molecule is N[C@@H](Cn1ccnc1)c1cccc(C(F)(F)F)c1. The topological polar surface area (TPSA) is 43.8 Å². The molecule has 18 heavy (non-hydrogen) atoms. The Bertz CT molecular complexity index is 506. The van der Waals surface area contributed by atoms with Gasteiger partial charge in [0.15, 0.2) is 0 Å². The standard InChI is InChI=1S/C12H12F3N3/c13-12(14,15)10-3-1-2-9(6-10)11(16)7-18-5-4-17-8-18/h1-6,8,11H,7,16H2/t11-/m0/s1. The zero-order valence-corrected chi connectivity index (χ0v) is 9.43. The van der Waals surface area contributed by atoms with Gasteiger partial charge in [0, 0.05) is 25.0 Å². The van der Waals surface area contributed by atoms with Gasteiger partial charge in [0.2, 0.25) is 0 Å². The van der Waals surface area contributed by atoms with Crippen LogP contribution in [0.25, 0.3) is 0 Å². The minimum Gasteiger partial charge on any atom is -0.336 e. The molecule has 1 aromatic carbocycles. The maximum Gasteiger partial charge on any atom is 0.416 e. The van der Waals surface area contributed by atoms with Crippen LogP contribution in [0.3, 0.4) is 0 Å². The molecule has 0 aliphatic rings. The Hall–Kier alpha value is -1.82. The number of imidazole rings is 1. The predicted octanol–water partition coefficient (Wildman–Crippen LogP) is 2.60. The van der Waals surface area contributed by atoms with Crippen molar-refractivity contribution in [1.29, 1.82) is 0 Å². The first kappa shape index (κ1) is 12.6. The first-order valence-corrected chi connectivity index (χ1v) is 5.35. The van der Waals surface area contributed by atoms with Gasteiger partial charge in [0.25, 0.3) is 0 Å². The molecular weight excluding hydrogens is 243 g/mol. The second kappa shape index (κ2) is 4.81. The molecule has 2 aromatic rings. The van der Waals surface area contributed by atoms with Gasteiger partial charge in [-0.1, -0.05) is 12.1 Å². The molecule has 0 radical (unpaired) electrons. The number of benzene rings is 1. The summed E-state index contributed by atoms with van der Waals surface area (Å²) in [6, 6.07) is 4.58. The Labute approximate surface area is 102 Å². The molecule has 1 aromatic heterocycles. The quantitative estimate of drug-likeness (QED) is 0.916. The van der Waals surface area contributed by atoms with Crippen LogP contribution in [0.4, 0.5) is 13.2 Å². The van der Waals surface area contributed by atoms with E-state index in [0.717, 1.165) is 12.1 Å². The predicted molar refractivity (Wildman–Crippen MR) is 60.6 cm³/mol. The summed E-state index contributed by atoms with van der Waals surface area (Å²) >= 11 is 0. The largest absolute Gasteiger partial charge is 0.416 e. The van der Waals surface area contributed by atoms with Crippen molar-refractivity contribution in [2.45, 2.75) is 18.8 Å². The molecular formula is C12H12F3N3. The van der Waals surface area contributed by atoms with Crippen molar-refractivity contribution in [2.75, 3.05) is 0 Å². The number of hydrogen-bond acceptors (Lipinski definition) is 2. The number of hydrogen-bond donors (Lipinski definition) is 1. The van der Waals surface area contributed by atoms with E-state index in [9.17, 15) is 13.2 Å². The van der Waals surface area contributed by atoms with Gasteiger partial charge < -0.3 is 10.3 Å². The van der Waals surface area contributed by atoms with Crippen LogP contribution >= 0.6 is 0 Å². The van der Waals surface area contributed by atoms with Crippen molar-refractivity contribution < 1.29 is 13.2 Å². The average Bonchev–Trinajstić information content (AvgIpc) is 2.81. The Balaban J connectivity index is 2.18. The maximum atomic E-state index is 12.6. The molecule has 0 saturated heterocycles. The van der Waals surface area contributed by atoms with Gasteiger partial charge in [0.1, 0.15) is 0 Å². The lowest BCUT2D eigenvalue weighted by Crippen LogP contribution is -2.17. The molecule has 2 N–H and O–H groups in total. The fourth-order valence-corrected chi connectivity index (χ4v) is 1.67. The number of alkyl halides is 3. The zero-order valence-electron chi connectivity index (χ0n) is 9.43. The van der Waals surface area contributed by atoms with E-state index in [2.05, 4.69) is 4.98 Å². The van der Waals surface area contributed by atoms with Crippen LogP contribution in [0.2, 0.25) is 0 Å². The Morgan fingerprint density at radius 1 is 1.33 bits per heavy atom. The summed E-state index contributed by atoms with van der Waals surface area (Å²) < 4.78 is 39.4. The van der Waals surface area contributed by atoms with Crippen LogP contribution in [0.15, 0.2) is 43.0 Å². The Morgan fingerprint density at radius 3 is 2.72 bits per heavy atom. The lowest BCUT2D eigenvalue weighted by molar-refractivity contribution is -0.137. The first-order chi connectivity index (χ1) is 8.47. The van der Waals surface area contributed by atoms with E-state index in [1.165, 1.54) is 6.07 Å². The number of aromatic nitrogens is 2. The van der Waals surface area contributed by atoms with E-state index in [1.54, 1.807) is 29.4 Å². The molecule has 3 nitrogen and oxygen atoms in total. The summed E-state index contributed by atoms with van der Waals surface area (Å²) in [6.07, 6.45) is 0.546. The van der Waals surface area contributed by atoms with Gasteiger partial charge in [-0.05, 0) is 17.7 Å². The van der Waals surface area contributed by atoms with Crippen LogP contribution in [0.5, 0.6) is 0 Å². The smallest absolute Gasteiger partial charge is 0.336 e. The summed E-state index contributed by atoms with van der Waals surface area (Å²) in [4.78, 5) is 3.85. The van der Waals surface area contributed by atoms with Crippen LogP contribution < -0.4 is 5.73 Å². The molecule has 1 atom stereocenters. The third-order valence-electron chi connectivity index (χ3n) is 2.61. The molecule has 2 rings (SSSR count). The minimum atomic E-state index is -4.34. The van der Waals surface area contributed by atoms with Crippen LogP contribution in [-0.4, -0.2) is 9.55 Å². The second-order valence-electron chi connectivity index (χ2n) is 3.99. The molecule has 0 amide bonds. The highest BCUT2D eigenvalue weighted by atomic mass is 19.4. The van der Waals surface area contributed by atoms with Gasteiger partial charge in [-0.3, -0.25) is 0 Å². The van der Waals surface area contributed by atoms with E-state index in [-0.39, 0.29) is 0 Å². The van der Waals surface area contributed by atoms with Crippen molar-refractivity contribution in [1.82, 2.24) is 9.55 Å². The third kappa shape index (κ3) is 2.89. The Morgan fingerprint density at radius 2 is 2.11 bits per heavy atom. The van der Waals surface area contributed by atoms with Gasteiger partial charge in [-0.15, -0.1) is 0 Å². The molecule has 0 aliphatic carbocycles. The number of rotatable bonds is 3. The van der Waals surface area contributed by atoms with Crippen molar-refractivity contribution in [3.8, 4) is 0 Å². The van der Waals surface area contributed by atoms with E-state index in [4.69, 9.17) is 5.73 Å². The van der Waals surface area contributed by atoms with Crippen molar-refractivity contribution >= 4 is 0 Å². The molecule has 0 bridgehead atoms. The summed E-state index contributed by atoms with van der Waals surface area (Å²) in [6.45, 7) is 0.390. The Kier molecular flexibility index (Phi) is 3.38. The summed E-state index contributed by atoms with van der Waals surface area (Å²) in [7, 11) is 0. The number of nitrogens with zero attached hydrogens (tertiary/aromatic N) is 2. The molecule has 0 fully saturated rings. The summed E-state index contributed by atoms with van der Waals surface area (Å²) in [5.41, 5.74) is 5.66. The van der Waals surface area contributed by atoms with Crippen molar-refractivity contribution in [3.05, 3.63) is 54.1 Å². The van der Waals surface area contributed by atoms with Crippen LogP contribution in [0.1, 0.15) is 17.2 Å². The molecule has 96 valence electrons. The third-order valence-corrected chi connectivity index (χ3v) is 2.61. The lowest BCUT2D eigenvalue weighted by atomic mass is 10.0. The highest BCUT2D eigenvalue weighted by molar-refractivity contribution is 5.27. The molecule has 6 heteroatoms. The molecule has 1 heterocycles. The summed E-state index contributed by atoms with van der Waals surface area (Å²) in [5.74, 6) is 0. The minimum absolute atomic E-state index is 0.390. The van der Waals surface area contributed by atoms with Gasteiger partial charge in [-0.25, -0.2) is 4.98 Å². The summed E-state index contributed by atoms with van der Waals surface area (Å²) in [5, 5.41) is 0. The van der Waals surface area contributed by atoms with Crippen molar-refractivity contribution in [2.24, 2.45) is 5.73 Å². The van der Waals surface area contributed by atoms with E-state index < -0.39 is 17.8 Å². The first-order valence-electron chi connectivity index (χ1n) is 5.35. The fraction of sp³-hybridized carbons (Fsp3) is 0.250. The highest BCUT2D eigenvalue weighted by Gasteiger charge is 2.30. The van der Waals surface area contributed by atoms with E-state index >= 15 is 0 Å². The van der Waals surface area contributed by atoms with Crippen LogP contribution in [-0.2, 0) is 12.7 Å². The molecule has 0 aliphatic heterocycles.